The molecule has 3 aromatic rings. The highest BCUT2D eigenvalue weighted by atomic mass is 16.6. The van der Waals surface area contributed by atoms with E-state index in [1.54, 1.807) is 54.6 Å². The molecule has 0 fully saturated rings. The fourth-order valence-electron chi connectivity index (χ4n) is 2.22. The molecule has 0 saturated heterocycles. The summed E-state index contributed by atoms with van der Waals surface area (Å²) in [6.07, 6.45) is 0. The van der Waals surface area contributed by atoms with Crippen LogP contribution in [0.5, 0.6) is 11.5 Å². The van der Waals surface area contributed by atoms with Crippen molar-refractivity contribution < 1.29 is 19.1 Å². The molecule has 0 aliphatic rings. The first-order valence-electron chi connectivity index (χ1n) is 7.77. The third kappa shape index (κ3) is 3.99. The largest absolute Gasteiger partial charge is 0.419 e. The van der Waals surface area contributed by atoms with Crippen LogP contribution in [-0.2, 0) is 0 Å². The lowest BCUT2D eigenvalue weighted by molar-refractivity contribution is 0.0682. The number of nitrogen functional groups attached to an aromatic ring is 2. The van der Waals surface area contributed by atoms with Crippen molar-refractivity contribution >= 4 is 23.3 Å². The number of carbonyl (C=O) groups is 2. The van der Waals surface area contributed by atoms with Crippen molar-refractivity contribution in [1.82, 2.24) is 0 Å². The van der Waals surface area contributed by atoms with Crippen LogP contribution in [0.25, 0.3) is 0 Å². The molecule has 0 atom stereocenters. The van der Waals surface area contributed by atoms with Gasteiger partial charge in [0.2, 0.25) is 0 Å². The quantitative estimate of drug-likeness (QED) is 0.426. The Hall–Kier alpha value is -3.80. The second-order valence-corrected chi connectivity index (χ2v) is 5.47. The van der Waals surface area contributed by atoms with Crippen molar-refractivity contribution in [1.29, 1.82) is 0 Å². The Morgan fingerprint density at radius 1 is 0.615 bits per heavy atom. The molecule has 6 nitrogen and oxygen atoms in total. The summed E-state index contributed by atoms with van der Waals surface area (Å²) < 4.78 is 10.7. The van der Waals surface area contributed by atoms with Gasteiger partial charge in [-0.3, -0.25) is 0 Å². The maximum absolute atomic E-state index is 12.3. The summed E-state index contributed by atoms with van der Waals surface area (Å²) in [6.45, 7) is 0. The molecule has 0 unspecified atom stereocenters. The number of nitrogens with two attached hydrogens (primary N) is 2. The van der Waals surface area contributed by atoms with Gasteiger partial charge in [-0.1, -0.05) is 18.2 Å². The lowest BCUT2D eigenvalue weighted by Gasteiger charge is -2.10. The fraction of sp³-hybridized carbons (Fsp3) is 0. The van der Waals surface area contributed by atoms with Gasteiger partial charge < -0.3 is 20.9 Å². The van der Waals surface area contributed by atoms with E-state index in [2.05, 4.69) is 0 Å². The first-order valence-corrected chi connectivity index (χ1v) is 7.77. The highest BCUT2D eigenvalue weighted by Crippen LogP contribution is 2.28. The average Bonchev–Trinajstić information content (AvgIpc) is 2.64. The summed E-state index contributed by atoms with van der Waals surface area (Å²) in [5.41, 5.74) is 12.9. The molecule has 0 aromatic heterocycles. The lowest BCUT2D eigenvalue weighted by atomic mass is 10.2. The molecule has 0 radical (unpaired) electrons. The van der Waals surface area contributed by atoms with Crippen molar-refractivity contribution in [2.24, 2.45) is 0 Å². The molecule has 0 aliphatic carbocycles. The van der Waals surface area contributed by atoms with E-state index < -0.39 is 11.9 Å². The SMILES string of the molecule is Nc1ccc(C(=O)Oc2ccccc2OC(=O)c2cccc(N)c2)cc1. The standard InChI is InChI=1S/C20H16N2O4/c21-15-10-8-13(9-11-15)19(23)25-17-6-1-2-7-18(17)26-20(24)14-4-3-5-16(22)12-14/h1-12H,21-22H2. The van der Waals surface area contributed by atoms with Gasteiger partial charge in [-0.15, -0.1) is 0 Å². The second-order valence-electron chi connectivity index (χ2n) is 5.47. The first-order chi connectivity index (χ1) is 12.5. The molecule has 3 rings (SSSR count). The van der Waals surface area contributed by atoms with Crippen LogP contribution in [0.3, 0.4) is 0 Å². The molecule has 3 aromatic carbocycles. The Kier molecular flexibility index (Phi) is 4.85. The highest BCUT2D eigenvalue weighted by Gasteiger charge is 2.16. The van der Waals surface area contributed by atoms with Gasteiger partial charge in [-0.25, -0.2) is 9.59 Å². The predicted molar refractivity (Wildman–Crippen MR) is 98.1 cm³/mol. The number of anilines is 2. The van der Waals surface area contributed by atoms with E-state index in [0.717, 1.165) is 0 Å². The van der Waals surface area contributed by atoms with E-state index in [4.69, 9.17) is 20.9 Å². The minimum Gasteiger partial charge on any atom is -0.419 e. The average molecular weight is 348 g/mol. The number of hydrogen-bond donors (Lipinski definition) is 2. The van der Waals surface area contributed by atoms with Gasteiger partial charge in [0.05, 0.1) is 11.1 Å². The summed E-state index contributed by atoms with van der Waals surface area (Å²) in [5, 5.41) is 0. The number of rotatable bonds is 4. The minimum atomic E-state index is -0.603. The number of hydrogen-bond acceptors (Lipinski definition) is 6. The van der Waals surface area contributed by atoms with Crippen LogP contribution in [0.15, 0.2) is 72.8 Å². The lowest BCUT2D eigenvalue weighted by Crippen LogP contribution is -2.12. The maximum atomic E-state index is 12.3. The molecule has 26 heavy (non-hydrogen) atoms. The molecule has 0 heterocycles. The topological polar surface area (TPSA) is 105 Å². The maximum Gasteiger partial charge on any atom is 0.343 e. The van der Waals surface area contributed by atoms with Crippen molar-refractivity contribution in [3.8, 4) is 11.5 Å². The number of esters is 2. The molecule has 0 saturated carbocycles. The van der Waals surface area contributed by atoms with Gasteiger partial charge in [0.25, 0.3) is 0 Å². The Bertz CT molecular complexity index is 952. The Balaban J connectivity index is 1.78. The zero-order valence-electron chi connectivity index (χ0n) is 13.7. The van der Waals surface area contributed by atoms with Crippen LogP contribution in [-0.4, -0.2) is 11.9 Å². The van der Waals surface area contributed by atoms with E-state index in [1.807, 2.05) is 0 Å². The number of benzene rings is 3. The molecule has 0 aliphatic heterocycles. The second kappa shape index (κ2) is 7.40. The number of para-hydroxylation sites is 2. The molecule has 130 valence electrons. The number of carbonyl (C=O) groups excluding carboxylic acids is 2. The molecule has 6 heteroatoms. The zero-order chi connectivity index (χ0) is 18.5. The smallest absolute Gasteiger partial charge is 0.343 e. The highest BCUT2D eigenvalue weighted by molar-refractivity contribution is 5.93. The van der Waals surface area contributed by atoms with Crippen molar-refractivity contribution in [3.63, 3.8) is 0 Å². The summed E-state index contributed by atoms with van der Waals surface area (Å²) >= 11 is 0. The van der Waals surface area contributed by atoms with E-state index in [1.165, 1.54) is 18.2 Å². The summed E-state index contributed by atoms with van der Waals surface area (Å²) in [7, 11) is 0. The molecule has 0 bridgehead atoms. The molecule has 0 amide bonds. The Morgan fingerprint density at radius 3 is 1.77 bits per heavy atom. The van der Waals surface area contributed by atoms with Crippen molar-refractivity contribution in [3.05, 3.63) is 83.9 Å². The third-order valence-corrected chi connectivity index (χ3v) is 3.52. The van der Waals surface area contributed by atoms with Crippen LogP contribution in [0.1, 0.15) is 20.7 Å². The van der Waals surface area contributed by atoms with Crippen LogP contribution in [0.4, 0.5) is 11.4 Å². The molecular formula is C20H16N2O4. The van der Waals surface area contributed by atoms with E-state index in [9.17, 15) is 9.59 Å². The van der Waals surface area contributed by atoms with Crippen LogP contribution in [0.2, 0.25) is 0 Å². The fourth-order valence-corrected chi connectivity index (χ4v) is 2.22. The van der Waals surface area contributed by atoms with Crippen LogP contribution in [0, 0.1) is 0 Å². The molecule has 0 spiro atoms. The number of ether oxygens (including phenoxy) is 2. The van der Waals surface area contributed by atoms with Crippen molar-refractivity contribution in [2.45, 2.75) is 0 Å². The zero-order valence-corrected chi connectivity index (χ0v) is 13.7. The van der Waals surface area contributed by atoms with Crippen molar-refractivity contribution in [2.75, 3.05) is 11.5 Å². The van der Waals surface area contributed by atoms with Gasteiger partial charge in [-0.2, -0.15) is 0 Å². The Morgan fingerprint density at radius 2 is 1.19 bits per heavy atom. The van der Waals surface area contributed by atoms with Gasteiger partial charge in [-0.05, 0) is 54.6 Å². The monoisotopic (exact) mass is 348 g/mol. The third-order valence-electron chi connectivity index (χ3n) is 3.52. The molecular weight excluding hydrogens is 332 g/mol. The van der Waals surface area contributed by atoms with Crippen LogP contribution >= 0.6 is 0 Å². The summed E-state index contributed by atoms with van der Waals surface area (Å²) in [4.78, 5) is 24.5. The van der Waals surface area contributed by atoms with E-state index >= 15 is 0 Å². The molecule has 4 N–H and O–H groups in total. The van der Waals surface area contributed by atoms with E-state index in [0.29, 0.717) is 22.5 Å². The normalized spacial score (nSPS) is 10.2. The summed E-state index contributed by atoms with van der Waals surface area (Å²) in [5.74, 6) is -0.930. The van der Waals surface area contributed by atoms with Gasteiger partial charge in [0.1, 0.15) is 0 Å². The minimum absolute atomic E-state index is 0.128. The van der Waals surface area contributed by atoms with Gasteiger partial charge in [0.15, 0.2) is 11.5 Å². The van der Waals surface area contributed by atoms with Gasteiger partial charge >= 0.3 is 11.9 Å². The predicted octanol–water partition coefficient (Wildman–Crippen LogP) is 3.29. The van der Waals surface area contributed by atoms with E-state index in [-0.39, 0.29) is 11.5 Å². The first kappa shape index (κ1) is 17.0. The van der Waals surface area contributed by atoms with Crippen LogP contribution < -0.4 is 20.9 Å². The van der Waals surface area contributed by atoms with Gasteiger partial charge in [0, 0.05) is 11.4 Å². The Labute approximate surface area is 150 Å². The summed E-state index contributed by atoms with van der Waals surface area (Å²) in [6, 6.07) is 19.1.